The van der Waals surface area contributed by atoms with E-state index in [0.29, 0.717) is 18.9 Å². The Morgan fingerprint density at radius 1 is 1.12 bits per heavy atom. The maximum atomic E-state index is 12.7. The second kappa shape index (κ2) is 9.06. The molecule has 1 atom stereocenters. The zero-order valence-electron chi connectivity index (χ0n) is 15.8. The van der Waals surface area contributed by atoms with Crippen molar-refractivity contribution in [2.75, 3.05) is 32.8 Å². The van der Waals surface area contributed by atoms with Crippen molar-refractivity contribution in [3.63, 3.8) is 0 Å². The van der Waals surface area contributed by atoms with Gasteiger partial charge in [0.05, 0.1) is 13.2 Å². The highest BCUT2D eigenvalue weighted by Gasteiger charge is 2.27. The van der Waals surface area contributed by atoms with Crippen LogP contribution in [0.3, 0.4) is 0 Å². The number of ether oxygens (including phenoxy) is 1. The molecule has 2 heterocycles. The van der Waals surface area contributed by atoms with E-state index in [9.17, 15) is 9.59 Å². The van der Waals surface area contributed by atoms with Crippen molar-refractivity contribution in [3.05, 3.63) is 29.8 Å². The Balaban J connectivity index is 1.48. The van der Waals surface area contributed by atoms with E-state index in [1.54, 1.807) is 4.90 Å². The Bertz CT molecular complexity index is 614. The lowest BCUT2D eigenvalue weighted by atomic mass is 9.99. The molecule has 2 fully saturated rings. The number of carbonyl (C=O) groups excluding carboxylic acids is 2. The van der Waals surface area contributed by atoms with Crippen LogP contribution in [0.1, 0.15) is 44.1 Å². The fourth-order valence-electron chi connectivity index (χ4n) is 3.75. The summed E-state index contributed by atoms with van der Waals surface area (Å²) in [6.45, 7) is 5.18. The maximum Gasteiger partial charge on any atom is 0.242 e. The number of likely N-dealkylation sites (tertiary alicyclic amines) is 2. The predicted octanol–water partition coefficient (Wildman–Crippen LogP) is 3.02. The molecule has 2 aliphatic heterocycles. The van der Waals surface area contributed by atoms with Gasteiger partial charge in [-0.1, -0.05) is 24.1 Å². The van der Waals surface area contributed by atoms with Crippen LogP contribution in [-0.2, 0) is 9.59 Å². The van der Waals surface area contributed by atoms with Crippen molar-refractivity contribution in [2.24, 2.45) is 5.92 Å². The van der Waals surface area contributed by atoms with E-state index >= 15 is 0 Å². The number of hydrogen-bond acceptors (Lipinski definition) is 3. The molecule has 142 valence electrons. The van der Waals surface area contributed by atoms with Gasteiger partial charge in [0, 0.05) is 32.0 Å². The van der Waals surface area contributed by atoms with Crippen molar-refractivity contribution in [1.29, 1.82) is 0 Å². The van der Waals surface area contributed by atoms with E-state index in [-0.39, 0.29) is 18.4 Å². The van der Waals surface area contributed by atoms with E-state index in [1.165, 1.54) is 5.56 Å². The van der Waals surface area contributed by atoms with Gasteiger partial charge in [0.1, 0.15) is 5.75 Å². The lowest BCUT2D eigenvalue weighted by molar-refractivity contribution is -0.141. The number of nitrogens with zero attached hydrogens (tertiary/aromatic N) is 2. The van der Waals surface area contributed by atoms with Crippen molar-refractivity contribution in [3.8, 4) is 5.75 Å². The Morgan fingerprint density at radius 2 is 1.92 bits per heavy atom. The number of benzene rings is 1. The van der Waals surface area contributed by atoms with Crippen LogP contribution < -0.4 is 4.74 Å². The second-order valence-corrected chi connectivity index (χ2v) is 7.60. The highest BCUT2D eigenvalue weighted by atomic mass is 16.5. The average molecular weight is 358 g/mol. The summed E-state index contributed by atoms with van der Waals surface area (Å²) < 4.78 is 5.91. The molecular formula is C21H30N2O3. The van der Waals surface area contributed by atoms with Gasteiger partial charge in [-0.05, 0) is 44.7 Å². The number of piperidine rings is 1. The zero-order chi connectivity index (χ0) is 18.4. The monoisotopic (exact) mass is 358 g/mol. The summed E-state index contributed by atoms with van der Waals surface area (Å²) in [4.78, 5) is 28.5. The van der Waals surface area contributed by atoms with E-state index < -0.39 is 0 Å². The summed E-state index contributed by atoms with van der Waals surface area (Å²) in [6, 6.07) is 8.08. The average Bonchev–Trinajstić information content (AvgIpc) is 2.86. The molecular weight excluding hydrogens is 328 g/mol. The van der Waals surface area contributed by atoms with Crippen molar-refractivity contribution < 1.29 is 14.3 Å². The van der Waals surface area contributed by atoms with Crippen LogP contribution >= 0.6 is 0 Å². The highest BCUT2D eigenvalue weighted by molar-refractivity contribution is 5.85. The van der Waals surface area contributed by atoms with Gasteiger partial charge in [0.2, 0.25) is 11.8 Å². The first-order valence-electron chi connectivity index (χ1n) is 9.87. The molecule has 0 aliphatic carbocycles. The molecule has 3 rings (SSSR count). The van der Waals surface area contributed by atoms with Crippen LogP contribution in [0, 0.1) is 12.8 Å². The summed E-state index contributed by atoms with van der Waals surface area (Å²) in [5, 5.41) is 0. The third-order valence-electron chi connectivity index (χ3n) is 5.38. The van der Waals surface area contributed by atoms with Crippen LogP contribution in [-0.4, -0.2) is 54.4 Å². The molecule has 0 aromatic heterocycles. The molecule has 2 amide bonds. The van der Waals surface area contributed by atoms with Gasteiger partial charge in [-0.15, -0.1) is 0 Å². The molecule has 5 nitrogen and oxygen atoms in total. The van der Waals surface area contributed by atoms with Crippen LogP contribution in [0.2, 0.25) is 0 Å². The maximum absolute atomic E-state index is 12.7. The third-order valence-corrected chi connectivity index (χ3v) is 5.38. The molecule has 0 unspecified atom stereocenters. The van der Waals surface area contributed by atoms with Gasteiger partial charge in [-0.2, -0.15) is 0 Å². The molecule has 1 aromatic rings. The first-order valence-corrected chi connectivity index (χ1v) is 9.87. The van der Waals surface area contributed by atoms with Crippen molar-refractivity contribution in [1.82, 2.24) is 9.80 Å². The molecule has 26 heavy (non-hydrogen) atoms. The van der Waals surface area contributed by atoms with Crippen molar-refractivity contribution >= 4 is 11.8 Å². The quantitative estimate of drug-likeness (QED) is 0.813. The van der Waals surface area contributed by atoms with Crippen molar-refractivity contribution in [2.45, 2.75) is 45.4 Å². The first kappa shape index (κ1) is 18.7. The van der Waals surface area contributed by atoms with Gasteiger partial charge in [-0.3, -0.25) is 9.59 Å². The predicted molar refractivity (Wildman–Crippen MR) is 101 cm³/mol. The molecule has 0 saturated carbocycles. The normalized spacial score (nSPS) is 21.4. The third kappa shape index (κ3) is 5.23. The first-order chi connectivity index (χ1) is 12.6. The lowest BCUT2D eigenvalue weighted by Gasteiger charge is -2.34. The lowest BCUT2D eigenvalue weighted by Crippen LogP contribution is -2.47. The zero-order valence-corrected chi connectivity index (χ0v) is 15.8. The number of amides is 2. The van der Waals surface area contributed by atoms with Gasteiger partial charge in [-0.25, -0.2) is 0 Å². The summed E-state index contributed by atoms with van der Waals surface area (Å²) in [5.41, 5.74) is 1.22. The molecule has 2 saturated heterocycles. The number of rotatable bonds is 5. The SMILES string of the molecule is Cc1ccc(OC[C@H]2CCCN(C(=O)CN3CCCCCC3=O)C2)cc1. The van der Waals surface area contributed by atoms with Gasteiger partial charge < -0.3 is 14.5 Å². The largest absolute Gasteiger partial charge is 0.493 e. The highest BCUT2D eigenvalue weighted by Crippen LogP contribution is 2.20. The number of aryl methyl sites for hydroxylation is 1. The Labute approximate surface area is 156 Å². The van der Waals surface area contributed by atoms with E-state index in [1.807, 2.05) is 29.2 Å². The summed E-state index contributed by atoms with van der Waals surface area (Å²) >= 11 is 0. The fourth-order valence-corrected chi connectivity index (χ4v) is 3.75. The topological polar surface area (TPSA) is 49.9 Å². The standard InChI is InChI=1S/C21H30N2O3/c1-17-8-10-19(11-9-17)26-16-18-6-5-13-22(14-18)21(25)15-23-12-4-2-3-7-20(23)24/h8-11,18H,2-7,12-16H2,1H3/t18-/m0/s1. The van der Waals surface area contributed by atoms with Gasteiger partial charge in [0.25, 0.3) is 0 Å². The molecule has 2 aliphatic rings. The Morgan fingerprint density at radius 3 is 2.73 bits per heavy atom. The molecule has 5 heteroatoms. The van der Waals surface area contributed by atoms with Crippen LogP contribution in [0.4, 0.5) is 0 Å². The number of hydrogen-bond donors (Lipinski definition) is 0. The van der Waals surface area contributed by atoms with Crippen LogP contribution in [0.25, 0.3) is 0 Å². The smallest absolute Gasteiger partial charge is 0.242 e. The minimum atomic E-state index is 0.0836. The minimum Gasteiger partial charge on any atom is -0.493 e. The molecule has 1 aromatic carbocycles. The Hall–Kier alpha value is -2.04. The van der Waals surface area contributed by atoms with Gasteiger partial charge in [0.15, 0.2) is 0 Å². The van der Waals surface area contributed by atoms with Crippen LogP contribution in [0.15, 0.2) is 24.3 Å². The fraction of sp³-hybridized carbons (Fsp3) is 0.619. The van der Waals surface area contributed by atoms with E-state index in [2.05, 4.69) is 6.92 Å². The number of carbonyl (C=O) groups is 2. The van der Waals surface area contributed by atoms with E-state index in [4.69, 9.17) is 4.74 Å². The molecule has 0 spiro atoms. The van der Waals surface area contributed by atoms with Crippen LogP contribution in [0.5, 0.6) is 5.75 Å². The van der Waals surface area contributed by atoms with Gasteiger partial charge >= 0.3 is 0 Å². The summed E-state index contributed by atoms with van der Waals surface area (Å²) in [7, 11) is 0. The minimum absolute atomic E-state index is 0.0836. The second-order valence-electron chi connectivity index (χ2n) is 7.60. The molecule has 0 bridgehead atoms. The molecule has 0 N–H and O–H groups in total. The Kier molecular flexibility index (Phi) is 6.53. The summed E-state index contributed by atoms with van der Waals surface area (Å²) in [6.07, 6.45) is 5.70. The van der Waals surface area contributed by atoms with E-state index in [0.717, 1.165) is 57.5 Å². The molecule has 0 radical (unpaired) electrons. The summed E-state index contributed by atoms with van der Waals surface area (Å²) in [5.74, 6) is 1.45.